The van der Waals surface area contributed by atoms with E-state index in [4.69, 9.17) is 11.6 Å². The lowest BCUT2D eigenvalue weighted by molar-refractivity contribution is 0.465. The lowest BCUT2D eigenvalue weighted by Crippen LogP contribution is -2.13. The fraction of sp³-hybridized carbons (Fsp3) is 0.118. The summed E-state index contributed by atoms with van der Waals surface area (Å²) in [7, 11) is 0. The highest BCUT2D eigenvalue weighted by molar-refractivity contribution is 7.17. The maximum atomic E-state index is 13.3. The third kappa shape index (κ3) is 3.00. The van der Waals surface area contributed by atoms with Crippen LogP contribution in [0.1, 0.15) is 15.3 Å². The SMILES string of the molecule is Cc1cn2c(=O)c(O)c(-c3ncc(Cc4ccc(F)c(Cl)c4)s3)nc2s1. The molecule has 0 amide bonds. The van der Waals surface area contributed by atoms with Crippen molar-refractivity contribution in [2.75, 3.05) is 0 Å². The van der Waals surface area contributed by atoms with Crippen LogP contribution in [0.15, 0.2) is 35.4 Å². The van der Waals surface area contributed by atoms with Gasteiger partial charge in [-0.05, 0) is 24.6 Å². The van der Waals surface area contributed by atoms with Gasteiger partial charge in [-0.2, -0.15) is 0 Å². The summed E-state index contributed by atoms with van der Waals surface area (Å²) in [6.07, 6.45) is 3.81. The highest BCUT2D eigenvalue weighted by Crippen LogP contribution is 2.31. The van der Waals surface area contributed by atoms with Crippen LogP contribution in [0.3, 0.4) is 0 Å². The second-order valence-electron chi connectivity index (χ2n) is 5.67. The molecular weight excluding hydrogens is 397 g/mol. The Hall–Kier alpha value is -2.29. The van der Waals surface area contributed by atoms with Crippen molar-refractivity contribution in [2.45, 2.75) is 13.3 Å². The number of halogens is 2. The predicted molar refractivity (Wildman–Crippen MR) is 101 cm³/mol. The zero-order valence-electron chi connectivity index (χ0n) is 13.4. The predicted octanol–water partition coefficient (Wildman–Crippen LogP) is 4.28. The molecule has 9 heteroatoms. The van der Waals surface area contributed by atoms with Gasteiger partial charge < -0.3 is 5.11 Å². The van der Waals surface area contributed by atoms with Crippen molar-refractivity contribution in [1.29, 1.82) is 0 Å². The number of aromatic hydroxyl groups is 1. The van der Waals surface area contributed by atoms with Gasteiger partial charge in [-0.3, -0.25) is 9.20 Å². The monoisotopic (exact) mass is 407 g/mol. The van der Waals surface area contributed by atoms with Crippen LogP contribution in [0, 0.1) is 12.7 Å². The van der Waals surface area contributed by atoms with Crippen LogP contribution in [0.5, 0.6) is 5.75 Å². The number of nitrogens with zero attached hydrogens (tertiary/aromatic N) is 3. The Morgan fingerprint density at radius 1 is 1.35 bits per heavy atom. The van der Waals surface area contributed by atoms with Gasteiger partial charge in [0.15, 0.2) is 4.96 Å². The Bertz CT molecular complexity index is 1200. The summed E-state index contributed by atoms with van der Waals surface area (Å²) in [6, 6.07) is 4.54. The molecule has 1 aromatic carbocycles. The van der Waals surface area contributed by atoms with Gasteiger partial charge in [0, 0.05) is 28.6 Å². The second-order valence-corrected chi connectivity index (χ2v) is 8.40. The molecule has 0 atom stereocenters. The summed E-state index contributed by atoms with van der Waals surface area (Å²) in [5.74, 6) is -0.888. The summed E-state index contributed by atoms with van der Waals surface area (Å²) in [5.41, 5.74) is 0.495. The normalized spacial score (nSPS) is 11.3. The molecular formula is C17H11ClFN3O2S2. The van der Waals surface area contributed by atoms with Gasteiger partial charge in [-0.1, -0.05) is 17.7 Å². The number of hydrogen-bond donors (Lipinski definition) is 1. The molecule has 3 heterocycles. The molecule has 0 saturated heterocycles. The Balaban J connectivity index is 1.71. The van der Waals surface area contributed by atoms with E-state index in [1.807, 2.05) is 6.92 Å². The van der Waals surface area contributed by atoms with Crippen molar-refractivity contribution in [3.05, 3.63) is 67.1 Å². The van der Waals surface area contributed by atoms with Crippen molar-refractivity contribution in [3.8, 4) is 16.5 Å². The van der Waals surface area contributed by atoms with Gasteiger partial charge in [0.25, 0.3) is 0 Å². The van der Waals surface area contributed by atoms with Crippen molar-refractivity contribution in [2.24, 2.45) is 0 Å². The van der Waals surface area contributed by atoms with E-state index in [-0.39, 0.29) is 10.7 Å². The van der Waals surface area contributed by atoms with Crippen LogP contribution >= 0.6 is 34.3 Å². The average Bonchev–Trinajstić information content (AvgIpc) is 3.20. The molecule has 4 aromatic rings. The number of hydrogen-bond acceptors (Lipinski definition) is 6. The van der Waals surface area contributed by atoms with Crippen LogP contribution in [0.4, 0.5) is 4.39 Å². The van der Waals surface area contributed by atoms with E-state index in [9.17, 15) is 14.3 Å². The molecule has 0 saturated carbocycles. The van der Waals surface area contributed by atoms with Crippen molar-refractivity contribution >= 4 is 39.2 Å². The zero-order chi connectivity index (χ0) is 18.4. The second kappa shape index (κ2) is 6.46. The smallest absolute Gasteiger partial charge is 0.301 e. The number of aryl methyl sites for hydroxylation is 1. The Morgan fingerprint density at radius 2 is 2.15 bits per heavy atom. The van der Waals surface area contributed by atoms with Crippen LogP contribution < -0.4 is 5.56 Å². The number of thiazole rings is 2. The molecule has 1 N–H and O–H groups in total. The van der Waals surface area contributed by atoms with Gasteiger partial charge in [0.05, 0.1) is 5.02 Å². The quantitative estimate of drug-likeness (QED) is 0.550. The Labute approximate surface area is 160 Å². The van der Waals surface area contributed by atoms with Crippen molar-refractivity contribution in [3.63, 3.8) is 0 Å². The zero-order valence-corrected chi connectivity index (χ0v) is 15.8. The number of benzene rings is 1. The third-order valence-corrected chi connectivity index (χ3v) is 5.93. The third-order valence-electron chi connectivity index (χ3n) is 3.74. The fourth-order valence-corrected chi connectivity index (χ4v) is 4.50. The number of fused-ring (bicyclic) bond motifs is 1. The van der Waals surface area contributed by atoms with Gasteiger partial charge in [0.1, 0.15) is 16.5 Å². The summed E-state index contributed by atoms with van der Waals surface area (Å²) in [6.45, 7) is 1.87. The highest BCUT2D eigenvalue weighted by atomic mass is 35.5. The molecule has 0 fully saturated rings. The number of rotatable bonds is 3. The first-order valence-corrected chi connectivity index (χ1v) is 9.54. The van der Waals surface area contributed by atoms with E-state index in [0.717, 1.165) is 15.3 Å². The maximum absolute atomic E-state index is 13.3. The van der Waals surface area contributed by atoms with Gasteiger partial charge in [0.2, 0.25) is 5.75 Å². The van der Waals surface area contributed by atoms with E-state index >= 15 is 0 Å². The van der Waals surface area contributed by atoms with Gasteiger partial charge in [-0.25, -0.2) is 14.4 Å². The Morgan fingerprint density at radius 3 is 2.92 bits per heavy atom. The van der Waals surface area contributed by atoms with E-state index < -0.39 is 17.1 Å². The summed E-state index contributed by atoms with van der Waals surface area (Å²) >= 11 is 8.49. The van der Waals surface area contributed by atoms with Gasteiger partial charge in [-0.15, -0.1) is 22.7 Å². The van der Waals surface area contributed by atoms with Crippen LogP contribution in [0.2, 0.25) is 5.02 Å². The molecule has 0 unspecified atom stereocenters. The lowest BCUT2D eigenvalue weighted by Gasteiger charge is -2.01. The van der Waals surface area contributed by atoms with Crippen LogP contribution in [-0.2, 0) is 6.42 Å². The molecule has 0 radical (unpaired) electrons. The molecule has 4 rings (SSSR count). The topological polar surface area (TPSA) is 67.5 Å². The first-order valence-electron chi connectivity index (χ1n) is 7.53. The summed E-state index contributed by atoms with van der Waals surface area (Å²) in [5, 5.41) is 10.8. The van der Waals surface area contributed by atoms with E-state index in [1.165, 1.54) is 33.1 Å². The molecule has 0 bridgehead atoms. The molecule has 132 valence electrons. The summed E-state index contributed by atoms with van der Waals surface area (Å²) < 4.78 is 14.6. The molecule has 5 nitrogen and oxygen atoms in total. The minimum absolute atomic E-state index is 0.0677. The summed E-state index contributed by atoms with van der Waals surface area (Å²) in [4.78, 5) is 23.3. The minimum Gasteiger partial charge on any atom is -0.501 e. The first-order chi connectivity index (χ1) is 12.4. The molecule has 0 spiro atoms. The van der Waals surface area contributed by atoms with Crippen LogP contribution in [0.25, 0.3) is 15.7 Å². The molecule has 0 aliphatic carbocycles. The molecule has 0 aliphatic heterocycles. The maximum Gasteiger partial charge on any atom is 0.301 e. The molecule has 26 heavy (non-hydrogen) atoms. The standard InChI is InChI=1S/C17H11ClFN3O2S2/c1-8-7-22-16(24)14(23)13(21-17(22)25-8)15-20-6-10(26-15)4-9-2-3-12(19)11(18)5-9/h2-3,5-7,23H,4H2,1H3. The van der Waals surface area contributed by atoms with Gasteiger partial charge >= 0.3 is 5.56 Å². The minimum atomic E-state index is -0.517. The number of aromatic nitrogens is 3. The fourth-order valence-electron chi connectivity index (χ4n) is 2.54. The first kappa shape index (κ1) is 17.1. The molecule has 0 aliphatic rings. The lowest BCUT2D eigenvalue weighted by atomic mass is 10.1. The average molecular weight is 408 g/mol. The largest absolute Gasteiger partial charge is 0.501 e. The molecule has 3 aromatic heterocycles. The van der Waals surface area contributed by atoms with E-state index in [0.29, 0.717) is 16.4 Å². The Kier molecular flexibility index (Phi) is 4.26. The van der Waals surface area contributed by atoms with E-state index in [2.05, 4.69) is 9.97 Å². The van der Waals surface area contributed by atoms with Crippen molar-refractivity contribution < 1.29 is 9.50 Å². The van der Waals surface area contributed by atoms with Crippen molar-refractivity contribution in [1.82, 2.24) is 14.4 Å². The van der Waals surface area contributed by atoms with Crippen LogP contribution in [-0.4, -0.2) is 19.5 Å². The van der Waals surface area contributed by atoms with E-state index in [1.54, 1.807) is 24.5 Å². The highest BCUT2D eigenvalue weighted by Gasteiger charge is 2.18.